The molecule has 0 saturated heterocycles. The van der Waals surface area contributed by atoms with Gasteiger partial charge in [0.25, 0.3) is 0 Å². The average molecular weight is 251 g/mol. The second kappa shape index (κ2) is 5.20. The Hall–Kier alpha value is -2.85. The van der Waals surface area contributed by atoms with Crippen LogP contribution in [0.1, 0.15) is 16.7 Å². The third-order valence-corrected chi connectivity index (χ3v) is 2.75. The zero-order valence-electron chi connectivity index (χ0n) is 10.2. The Bertz CT molecular complexity index is 676. The quantitative estimate of drug-likeness (QED) is 0.886. The summed E-state index contributed by atoms with van der Waals surface area (Å²) in [6, 6.07) is 13.5. The van der Waals surface area contributed by atoms with E-state index in [-0.39, 0.29) is 5.82 Å². The van der Waals surface area contributed by atoms with Crippen LogP contribution in [-0.2, 0) is 0 Å². The summed E-state index contributed by atoms with van der Waals surface area (Å²) in [5, 5.41) is 21.0. The molecule has 4 heteroatoms. The summed E-state index contributed by atoms with van der Waals surface area (Å²) in [4.78, 5) is 0. The average Bonchev–Trinajstić information content (AvgIpc) is 2.43. The molecule has 92 valence electrons. The molecule has 1 N–H and O–H groups in total. The Labute approximate surface area is 110 Å². The Kier molecular flexibility index (Phi) is 3.45. The number of anilines is 2. The van der Waals surface area contributed by atoms with Crippen LogP contribution in [-0.4, -0.2) is 0 Å². The molecule has 0 heterocycles. The molecule has 0 fully saturated rings. The van der Waals surface area contributed by atoms with Crippen LogP contribution in [0.3, 0.4) is 0 Å². The molecule has 0 bridgehead atoms. The van der Waals surface area contributed by atoms with E-state index >= 15 is 0 Å². The molecular formula is C15H10FN3. The van der Waals surface area contributed by atoms with Gasteiger partial charge in [0.2, 0.25) is 0 Å². The molecule has 0 aromatic heterocycles. The molecule has 0 aliphatic rings. The molecule has 0 atom stereocenters. The number of halogens is 1. The van der Waals surface area contributed by atoms with Crippen molar-refractivity contribution in [1.29, 1.82) is 10.5 Å². The van der Waals surface area contributed by atoms with Gasteiger partial charge in [-0.1, -0.05) is 12.1 Å². The lowest BCUT2D eigenvalue weighted by Gasteiger charge is -2.10. The third kappa shape index (κ3) is 2.53. The molecule has 2 aromatic rings. The summed E-state index contributed by atoms with van der Waals surface area (Å²) >= 11 is 0. The smallest absolute Gasteiger partial charge is 0.128 e. The lowest BCUT2D eigenvalue weighted by atomic mass is 10.1. The number of para-hydroxylation sites is 1. The van der Waals surface area contributed by atoms with Crippen LogP contribution in [0, 0.1) is 35.4 Å². The van der Waals surface area contributed by atoms with Crippen molar-refractivity contribution < 1.29 is 4.39 Å². The molecule has 2 rings (SSSR count). The maximum atomic E-state index is 13.5. The number of benzene rings is 2. The van der Waals surface area contributed by atoms with Crippen molar-refractivity contribution in [2.24, 2.45) is 0 Å². The lowest BCUT2D eigenvalue weighted by molar-refractivity contribution is 0.619. The Morgan fingerprint density at radius 3 is 2.21 bits per heavy atom. The van der Waals surface area contributed by atoms with Crippen LogP contribution in [0.4, 0.5) is 15.8 Å². The first-order valence-electron chi connectivity index (χ1n) is 5.62. The molecule has 0 spiro atoms. The molecule has 0 unspecified atom stereocenters. The van der Waals surface area contributed by atoms with Crippen molar-refractivity contribution in [3.63, 3.8) is 0 Å². The van der Waals surface area contributed by atoms with E-state index in [1.807, 2.05) is 12.1 Å². The van der Waals surface area contributed by atoms with Crippen LogP contribution in [0.15, 0.2) is 36.4 Å². The number of nitrogens with one attached hydrogen (secondary N) is 1. The van der Waals surface area contributed by atoms with Crippen LogP contribution >= 0.6 is 0 Å². The molecule has 0 amide bonds. The molecule has 0 aliphatic heterocycles. The number of hydrogen-bond donors (Lipinski definition) is 1. The zero-order chi connectivity index (χ0) is 13.8. The zero-order valence-corrected chi connectivity index (χ0v) is 10.2. The summed E-state index contributed by atoms with van der Waals surface area (Å²) in [5.41, 5.74) is 2.14. The highest BCUT2D eigenvalue weighted by atomic mass is 19.1. The Balaban J connectivity index is 2.46. The van der Waals surface area contributed by atoms with Gasteiger partial charge < -0.3 is 5.32 Å². The van der Waals surface area contributed by atoms with Gasteiger partial charge in [0.15, 0.2) is 0 Å². The SMILES string of the molecule is Cc1ccc(Nc2c(C#N)cccc2C#N)cc1F. The maximum Gasteiger partial charge on any atom is 0.128 e. The van der Waals surface area contributed by atoms with Crippen molar-refractivity contribution >= 4 is 11.4 Å². The van der Waals surface area contributed by atoms with Gasteiger partial charge in [0.1, 0.15) is 18.0 Å². The minimum Gasteiger partial charge on any atom is -0.353 e. The summed E-state index contributed by atoms with van der Waals surface area (Å²) in [6.07, 6.45) is 0. The topological polar surface area (TPSA) is 59.6 Å². The van der Waals surface area contributed by atoms with E-state index in [2.05, 4.69) is 5.32 Å². The largest absolute Gasteiger partial charge is 0.353 e. The van der Waals surface area contributed by atoms with Gasteiger partial charge >= 0.3 is 0 Å². The van der Waals surface area contributed by atoms with E-state index < -0.39 is 0 Å². The summed E-state index contributed by atoms with van der Waals surface area (Å²) in [5.74, 6) is -0.335. The van der Waals surface area contributed by atoms with E-state index in [1.54, 1.807) is 37.3 Å². The second-order valence-corrected chi connectivity index (χ2v) is 4.04. The van der Waals surface area contributed by atoms with Gasteiger partial charge in [-0.2, -0.15) is 10.5 Å². The number of rotatable bonds is 2. The first kappa shape index (κ1) is 12.6. The fraction of sp³-hybridized carbons (Fsp3) is 0.0667. The molecule has 0 radical (unpaired) electrons. The normalized spacial score (nSPS) is 9.47. The summed E-state index contributed by atoms with van der Waals surface area (Å²) in [6.45, 7) is 1.67. The van der Waals surface area contributed by atoms with E-state index in [4.69, 9.17) is 10.5 Å². The highest BCUT2D eigenvalue weighted by Gasteiger charge is 2.09. The monoisotopic (exact) mass is 251 g/mol. The molecule has 19 heavy (non-hydrogen) atoms. The van der Waals surface area contributed by atoms with E-state index in [0.29, 0.717) is 28.1 Å². The lowest BCUT2D eigenvalue weighted by Crippen LogP contribution is -1.98. The van der Waals surface area contributed by atoms with Crippen LogP contribution in [0.5, 0.6) is 0 Å². The number of nitriles is 2. The van der Waals surface area contributed by atoms with Gasteiger partial charge in [-0.05, 0) is 36.8 Å². The van der Waals surface area contributed by atoms with E-state index in [9.17, 15) is 4.39 Å². The summed E-state index contributed by atoms with van der Waals surface area (Å²) < 4.78 is 13.5. The Morgan fingerprint density at radius 1 is 1.05 bits per heavy atom. The van der Waals surface area contributed by atoms with Crippen LogP contribution in [0.25, 0.3) is 0 Å². The van der Waals surface area contributed by atoms with Crippen molar-refractivity contribution in [3.8, 4) is 12.1 Å². The summed E-state index contributed by atoms with van der Waals surface area (Å²) in [7, 11) is 0. The maximum absolute atomic E-state index is 13.5. The molecule has 3 nitrogen and oxygen atoms in total. The Morgan fingerprint density at radius 2 is 1.68 bits per heavy atom. The fourth-order valence-corrected chi connectivity index (χ4v) is 1.69. The van der Waals surface area contributed by atoms with Crippen LogP contribution in [0.2, 0.25) is 0 Å². The van der Waals surface area contributed by atoms with Gasteiger partial charge in [0.05, 0.1) is 16.8 Å². The van der Waals surface area contributed by atoms with E-state index in [0.717, 1.165) is 0 Å². The highest BCUT2D eigenvalue weighted by molar-refractivity contribution is 5.72. The minimum atomic E-state index is -0.335. The predicted octanol–water partition coefficient (Wildman–Crippen LogP) is 3.62. The molecule has 0 aliphatic carbocycles. The standard InChI is InChI=1S/C15H10FN3/c1-10-5-6-13(7-14(10)16)19-15-11(8-17)3-2-4-12(15)9-18/h2-7,19H,1H3. The van der Waals surface area contributed by atoms with Crippen molar-refractivity contribution in [2.45, 2.75) is 6.92 Å². The van der Waals surface area contributed by atoms with Gasteiger partial charge in [-0.15, -0.1) is 0 Å². The van der Waals surface area contributed by atoms with Gasteiger partial charge in [0, 0.05) is 5.69 Å². The first-order chi connectivity index (χ1) is 9.15. The number of hydrogen-bond acceptors (Lipinski definition) is 3. The fourth-order valence-electron chi connectivity index (χ4n) is 1.69. The minimum absolute atomic E-state index is 0.335. The van der Waals surface area contributed by atoms with Crippen molar-refractivity contribution in [2.75, 3.05) is 5.32 Å². The van der Waals surface area contributed by atoms with Gasteiger partial charge in [-0.25, -0.2) is 4.39 Å². The molecular weight excluding hydrogens is 241 g/mol. The second-order valence-electron chi connectivity index (χ2n) is 4.04. The predicted molar refractivity (Wildman–Crippen MR) is 70.3 cm³/mol. The third-order valence-electron chi connectivity index (χ3n) is 2.75. The first-order valence-corrected chi connectivity index (χ1v) is 5.62. The highest BCUT2D eigenvalue weighted by Crippen LogP contribution is 2.25. The number of aryl methyl sites for hydroxylation is 1. The molecule has 2 aromatic carbocycles. The number of nitrogens with zero attached hydrogens (tertiary/aromatic N) is 2. The van der Waals surface area contributed by atoms with Gasteiger partial charge in [-0.3, -0.25) is 0 Å². The van der Waals surface area contributed by atoms with Crippen LogP contribution < -0.4 is 5.32 Å². The van der Waals surface area contributed by atoms with Crippen molar-refractivity contribution in [1.82, 2.24) is 0 Å². The van der Waals surface area contributed by atoms with Crippen molar-refractivity contribution in [3.05, 3.63) is 58.9 Å². The molecule has 0 saturated carbocycles. The van der Waals surface area contributed by atoms with E-state index in [1.165, 1.54) is 6.07 Å².